The lowest BCUT2D eigenvalue weighted by Crippen LogP contribution is -2.39. The van der Waals surface area contributed by atoms with Gasteiger partial charge in [0, 0.05) is 11.8 Å². The number of rotatable bonds is 9. The van der Waals surface area contributed by atoms with Crippen molar-refractivity contribution < 1.29 is 32.6 Å². The summed E-state index contributed by atoms with van der Waals surface area (Å²) in [7, 11) is -4.11. The van der Waals surface area contributed by atoms with Crippen LogP contribution in [0.4, 0.5) is 0 Å². The predicted octanol–water partition coefficient (Wildman–Crippen LogP) is 2.24. The number of esters is 1. The van der Waals surface area contributed by atoms with Crippen molar-refractivity contribution in [3.63, 3.8) is 0 Å². The second kappa shape index (κ2) is 10.9. The number of H-pyrrole nitrogens is 1. The zero-order valence-corrected chi connectivity index (χ0v) is 21.1. The van der Waals surface area contributed by atoms with Gasteiger partial charge < -0.3 is 18.7 Å². The largest absolute Gasteiger partial charge is 0.459 e. The van der Waals surface area contributed by atoms with Crippen molar-refractivity contribution in [3.8, 4) is 5.75 Å². The Morgan fingerprint density at radius 2 is 1.97 bits per heavy atom. The lowest BCUT2D eigenvalue weighted by Gasteiger charge is -2.26. The highest BCUT2D eigenvalue weighted by atomic mass is 31.2. The fraction of sp³-hybridized carbons (Fsp3) is 0.500. The maximum Gasteiger partial charge on any atom is 0.459 e. The lowest BCUT2D eigenvalue weighted by atomic mass is 10.2. The number of nitrogens with one attached hydrogen (secondary N) is 2. The molecular formula is C22H30N3O9P. The van der Waals surface area contributed by atoms with Crippen molar-refractivity contribution >= 4 is 13.7 Å². The highest BCUT2D eigenvalue weighted by Gasteiger charge is 2.36. The van der Waals surface area contributed by atoms with Crippen molar-refractivity contribution in [1.29, 1.82) is 0 Å². The standard InChI is InChI=1S/C22H30N3O9P/c1-14-11-25(21(28)23-19(14)26)17-12-30-18(32-17)13-31-35(29,34-16-9-7-6-8-10-16)24-15(2)20(27)33-22(3,4)5/h6-11,15,17-18H,12-13H2,1-5H3,(H,24,29)(H,23,26,28)/t15-,17+,18+,35?/m0/s1. The fourth-order valence-corrected chi connectivity index (χ4v) is 4.50. The second-order valence-corrected chi connectivity index (χ2v) is 10.6. The van der Waals surface area contributed by atoms with Gasteiger partial charge in [-0.25, -0.2) is 9.36 Å². The Bertz CT molecular complexity index is 1190. The molecule has 2 N–H and O–H groups in total. The molecule has 0 radical (unpaired) electrons. The molecule has 1 fully saturated rings. The van der Waals surface area contributed by atoms with Crippen LogP contribution in [0.15, 0.2) is 46.1 Å². The zero-order valence-electron chi connectivity index (χ0n) is 20.2. The number of hydrogen-bond acceptors (Lipinski definition) is 9. The molecule has 0 spiro atoms. The highest BCUT2D eigenvalue weighted by molar-refractivity contribution is 7.52. The van der Waals surface area contributed by atoms with E-state index in [9.17, 15) is 18.9 Å². The van der Waals surface area contributed by atoms with Gasteiger partial charge in [-0.2, -0.15) is 5.09 Å². The maximum atomic E-state index is 13.5. The molecule has 1 saturated heterocycles. The zero-order chi connectivity index (χ0) is 25.8. The van der Waals surface area contributed by atoms with Gasteiger partial charge in [-0.1, -0.05) is 18.2 Å². The van der Waals surface area contributed by atoms with Gasteiger partial charge in [0.15, 0.2) is 12.5 Å². The number of ether oxygens (including phenoxy) is 3. The monoisotopic (exact) mass is 511 g/mol. The Morgan fingerprint density at radius 1 is 1.29 bits per heavy atom. The number of aryl methyl sites for hydroxylation is 1. The molecule has 13 heteroatoms. The summed E-state index contributed by atoms with van der Waals surface area (Å²) in [5, 5.41) is 2.58. The topological polar surface area (TPSA) is 147 Å². The first-order valence-corrected chi connectivity index (χ1v) is 12.5. The lowest BCUT2D eigenvalue weighted by molar-refractivity contribution is -0.156. The Morgan fingerprint density at radius 3 is 2.63 bits per heavy atom. The Labute approximate surface area is 202 Å². The van der Waals surface area contributed by atoms with Gasteiger partial charge in [-0.15, -0.1) is 0 Å². The van der Waals surface area contributed by atoms with E-state index in [0.29, 0.717) is 5.56 Å². The second-order valence-electron chi connectivity index (χ2n) is 8.91. The van der Waals surface area contributed by atoms with E-state index in [1.165, 1.54) is 17.7 Å². The smallest absolute Gasteiger partial charge is 0.459 e. The van der Waals surface area contributed by atoms with Crippen LogP contribution in [0, 0.1) is 6.92 Å². The SMILES string of the molecule is Cc1cn([C@H]2CO[C@@H](COP(=O)(N[C@@H](C)C(=O)OC(C)(C)C)Oc3ccccc3)O2)c(=O)[nH]c1=O. The van der Waals surface area contributed by atoms with Crippen LogP contribution >= 0.6 is 7.75 Å². The van der Waals surface area contributed by atoms with Gasteiger partial charge in [-0.3, -0.25) is 23.7 Å². The van der Waals surface area contributed by atoms with Crippen molar-refractivity contribution in [1.82, 2.24) is 14.6 Å². The van der Waals surface area contributed by atoms with Crippen molar-refractivity contribution in [2.75, 3.05) is 13.2 Å². The summed E-state index contributed by atoms with van der Waals surface area (Å²) in [5.41, 5.74) is -1.55. The third kappa shape index (κ3) is 7.61. The summed E-state index contributed by atoms with van der Waals surface area (Å²) < 4.78 is 42.4. The molecule has 2 heterocycles. The van der Waals surface area contributed by atoms with Crippen LogP contribution in [-0.4, -0.2) is 46.7 Å². The third-order valence-electron chi connectivity index (χ3n) is 4.65. The van der Waals surface area contributed by atoms with Crippen LogP contribution in [0.5, 0.6) is 5.75 Å². The molecule has 1 aliphatic heterocycles. The molecular weight excluding hydrogens is 481 g/mol. The van der Waals surface area contributed by atoms with E-state index < -0.39 is 49.1 Å². The predicted molar refractivity (Wildman–Crippen MR) is 125 cm³/mol. The van der Waals surface area contributed by atoms with Crippen LogP contribution in [0.25, 0.3) is 0 Å². The van der Waals surface area contributed by atoms with Crippen molar-refractivity contribution in [2.45, 2.75) is 58.8 Å². The molecule has 35 heavy (non-hydrogen) atoms. The highest BCUT2D eigenvalue weighted by Crippen LogP contribution is 2.45. The minimum Gasteiger partial charge on any atom is -0.459 e. The van der Waals surface area contributed by atoms with Gasteiger partial charge in [0.25, 0.3) is 5.56 Å². The number of para-hydroxylation sites is 1. The number of hydrogen-bond donors (Lipinski definition) is 2. The fourth-order valence-electron chi connectivity index (χ4n) is 3.03. The van der Waals surface area contributed by atoms with Crippen LogP contribution in [0.1, 0.15) is 39.5 Å². The molecule has 1 aromatic carbocycles. The number of carbonyl (C=O) groups is 1. The first kappa shape index (κ1) is 26.8. The van der Waals surface area contributed by atoms with E-state index in [4.69, 9.17) is 23.3 Å². The average molecular weight is 511 g/mol. The molecule has 1 aliphatic rings. The number of aromatic amines is 1. The van der Waals surface area contributed by atoms with Gasteiger partial charge in [0.1, 0.15) is 24.0 Å². The Kier molecular flexibility index (Phi) is 8.34. The Hall–Kier alpha value is -2.76. The average Bonchev–Trinajstić information content (AvgIpc) is 3.23. The van der Waals surface area contributed by atoms with Gasteiger partial charge >= 0.3 is 19.4 Å². The van der Waals surface area contributed by atoms with E-state index in [1.807, 2.05) is 0 Å². The van der Waals surface area contributed by atoms with Crippen LogP contribution in [0.3, 0.4) is 0 Å². The molecule has 0 saturated carbocycles. The quantitative estimate of drug-likeness (QED) is 0.379. The molecule has 12 nitrogen and oxygen atoms in total. The number of benzene rings is 1. The molecule has 4 atom stereocenters. The summed E-state index contributed by atoms with van der Waals surface area (Å²) in [6.45, 7) is 7.83. The van der Waals surface area contributed by atoms with Crippen LogP contribution < -0.4 is 20.9 Å². The summed E-state index contributed by atoms with van der Waals surface area (Å²) in [6, 6.07) is 7.28. The third-order valence-corrected chi connectivity index (χ3v) is 6.29. The van der Waals surface area contributed by atoms with E-state index in [2.05, 4.69) is 10.1 Å². The first-order chi connectivity index (χ1) is 16.3. The molecule has 1 aromatic heterocycles. The minimum atomic E-state index is -4.11. The number of nitrogens with zero attached hydrogens (tertiary/aromatic N) is 1. The first-order valence-electron chi connectivity index (χ1n) is 10.9. The summed E-state index contributed by atoms with van der Waals surface area (Å²) in [6.07, 6.45) is -0.452. The summed E-state index contributed by atoms with van der Waals surface area (Å²) >= 11 is 0. The maximum absolute atomic E-state index is 13.5. The van der Waals surface area contributed by atoms with Crippen molar-refractivity contribution in [3.05, 3.63) is 62.9 Å². The molecule has 192 valence electrons. The normalized spacial score (nSPS) is 20.7. The molecule has 3 rings (SSSR count). The molecule has 0 aliphatic carbocycles. The molecule has 2 aromatic rings. The molecule has 1 unspecified atom stereocenters. The van der Waals surface area contributed by atoms with E-state index in [0.717, 1.165) is 0 Å². The van der Waals surface area contributed by atoms with E-state index in [-0.39, 0.29) is 19.0 Å². The van der Waals surface area contributed by atoms with Crippen LogP contribution in [-0.2, 0) is 28.1 Å². The molecule has 0 amide bonds. The van der Waals surface area contributed by atoms with Gasteiger partial charge in [0.05, 0.1) is 6.61 Å². The van der Waals surface area contributed by atoms with Gasteiger partial charge in [-0.05, 0) is 46.8 Å². The van der Waals surface area contributed by atoms with E-state index >= 15 is 0 Å². The van der Waals surface area contributed by atoms with Crippen LogP contribution in [0.2, 0.25) is 0 Å². The number of aromatic nitrogens is 2. The summed E-state index contributed by atoms with van der Waals surface area (Å²) in [5.74, 6) is -0.389. The van der Waals surface area contributed by atoms with E-state index in [1.54, 1.807) is 58.0 Å². The summed E-state index contributed by atoms with van der Waals surface area (Å²) in [4.78, 5) is 38.3. The van der Waals surface area contributed by atoms with Gasteiger partial charge in [0.2, 0.25) is 0 Å². The minimum absolute atomic E-state index is 0.00893. The number of carbonyl (C=O) groups excluding carboxylic acids is 1. The Balaban J connectivity index is 1.69. The van der Waals surface area contributed by atoms with Crippen molar-refractivity contribution in [2.24, 2.45) is 0 Å². The molecule has 0 bridgehead atoms.